The van der Waals surface area contributed by atoms with Crippen LogP contribution in [0.5, 0.6) is 0 Å². The van der Waals surface area contributed by atoms with Gasteiger partial charge < -0.3 is 0 Å². The fraction of sp³-hybridized carbons (Fsp3) is 0. The first kappa shape index (κ1) is 12.3. The topological polar surface area (TPSA) is 34.9 Å². The monoisotopic (exact) mass is 266 g/mol. The van der Waals surface area contributed by atoms with E-state index in [-0.39, 0.29) is 5.56 Å². The molecule has 1 heterocycles. The normalized spacial score (nSPS) is 10.4. The maximum Gasteiger partial charge on any atom is 0.153 e. The summed E-state index contributed by atoms with van der Waals surface area (Å²) in [5, 5.41) is 4.28. The summed E-state index contributed by atoms with van der Waals surface area (Å²) in [7, 11) is 0. The molecule has 0 aliphatic heterocycles. The highest BCUT2D eigenvalue weighted by molar-refractivity contribution is 5.79. The van der Waals surface area contributed by atoms with E-state index in [1.54, 1.807) is 16.9 Å². The third kappa shape index (κ3) is 2.23. The average Bonchev–Trinajstić information content (AvgIpc) is 2.98. The van der Waals surface area contributed by atoms with Crippen LogP contribution in [0.4, 0.5) is 4.39 Å². The zero-order chi connectivity index (χ0) is 13.9. The van der Waals surface area contributed by atoms with Crippen LogP contribution in [0.2, 0.25) is 0 Å². The number of halogens is 1. The average molecular weight is 266 g/mol. The molecule has 0 saturated heterocycles. The fourth-order valence-electron chi connectivity index (χ4n) is 2.01. The van der Waals surface area contributed by atoms with Gasteiger partial charge in [0, 0.05) is 11.8 Å². The zero-order valence-corrected chi connectivity index (χ0v) is 10.5. The lowest BCUT2D eigenvalue weighted by molar-refractivity contribution is 0.112. The van der Waals surface area contributed by atoms with Crippen LogP contribution in [-0.4, -0.2) is 16.1 Å². The Hall–Kier alpha value is -2.75. The molecule has 0 aliphatic carbocycles. The molecule has 0 bridgehead atoms. The first-order valence-corrected chi connectivity index (χ1v) is 6.13. The molecule has 0 N–H and O–H groups in total. The van der Waals surface area contributed by atoms with Crippen molar-refractivity contribution < 1.29 is 9.18 Å². The van der Waals surface area contributed by atoms with Gasteiger partial charge in [0.05, 0.1) is 17.4 Å². The number of carbonyl (C=O) groups excluding carboxylic acids is 1. The molecule has 98 valence electrons. The second kappa shape index (κ2) is 5.09. The number of hydrogen-bond acceptors (Lipinski definition) is 2. The number of rotatable bonds is 3. The number of para-hydroxylation sites is 1. The molecule has 20 heavy (non-hydrogen) atoms. The van der Waals surface area contributed by atoms with Gasteiger partial charge in [-0.05, 0) is 29.8 Å². The Balaban J connectivity index is 2.00. The smallest absolute Gasteiger partial charge is 0.153 e. The lowest BCUT2D eigenvalue weighted by Gasteiger charge is -2.01. The van der Waals surface area contributed by atoms with Crippen molar-refractivity contribution in [2.24, 2.45) is 0 Å². The summed E-state index contributed by atoms with van der Waals surface area (Å²) in [5.74, 6) is -0.515. The second-order valence-electron chi connectivity index (χ2n) is 4.36. The standard InChI is InChI=1S/C16H11FN2O/c17-16-7-6-12(8-13(16)11-20)14-9-18-19(10-14)15-4-2-1-3-5-15/h1-11H. The molecular weight excluding hydrogens is 255 g/mol. The minimum atomic E-state index is -0.515. The SMILES string of the molecule is O=Cc1cc(-c2cnn(-c3ccccc3)c2)ccc1F. The third-order valence-corrected chi connectivity index (χ3v) is 3.06. The minimum absolute atomic E-state index is 0.0509. The quantitative estimate of drug-likeness (QED) is 0.680. The molecule has 1 aromatic heterocycles. The number of hydrogen-bond donors (Lipinski definition) is 0. The summed E-state index contributed by atoms with van der Waals surface area (Å²) in [5.41, 5.74) is 2.58. The molecule has 0 radical (unpaired) electrons. The molecular formula is C16H11FN2O. The molecule has 0 atom stereocenters. The first-order chi connectivity index (χ1) is 9.78. The van der Waals surface area contributed by atoms with Gasteiger partial charge in [0.1, 0.15) is 5.82 Å². The van der Waals surface area contributed by atoms with E-state index >= 15 is 0 Å². The maximum absolute atomic E-state index is 13.3. The predicted octanol–water partition coefficient (Wildman–Crippen LogP) is 3.49. The lowest BCUT2D eigenvalue weighted by Crippen LogP contribution is -1.92. The van der Waals surface area contributed by atoms with Crippen molar-refractivity contribution in [2.45, 2.75) is 0 Å². The van der Waals surface area contributed by atoms with Gasteiger partial charge in [0.15, 0.2) is 6.29 Å². The highest BCUT2D eigenvalue weighted by Gasteiger charge is 2.07. The Morgan fingerprint density at radius 3 is 2.60 bits per heavy atom. The van der Waals surface area contributed by atoms with E-state index in [0.717, 1.165) is 16.8 Å². The molecule has 3 nitrogen and oxygen atoms in total. The highest BCUT2D eigenvalue weighted by Crippen LogP contribution is 2.22. The van der Waals surface area contributed by atoms with E-state index < -0.39 is 5.82 Å². The van der Waals surface area contributed by atoms with Gasteiger partial charge in [-0.1, -0.05) is 24.3 Å². The number of nitrogens with zero attached hydrogens (tertiary/aromatic N) is 2. The Labute approximate surface area is 115 Å². The zero-order valence-electron chi connectivity index (χ0n) is 10.5. The van der Waals surface area contributed by atoms with E-state index in [0.29, 0.717) is 6.29 Å². The van der Waals surface area contributed by atoms with Gasteiger partial charge in [-0.2, -0.15) is 5.10 Å². The molecule has 0 amide bonds. The summed E-state index contributed by atoms with van der Waals surface area (Å²) in [6, 6.07) is 14.1. The van der Waals surface area contributed by atoms with Crippen molar-refractivity contribution in [1.82, 2.24) is 9.78 Å². The molecule has 0 spiro atoms. The van der Waals surface area contributed by atoms with Gasteiger partial charge in [0.25, 0.3) is 0 Å². The van der Waals surface area contributed by atoms with Crippen LogP contribution < -0.4 is 0 Å². The molecule has 4 heteroatoms. The highest BCUT2D eigenvalue weighted by atomic mass is 19.1. The van der Waals surface area contributed by atoms with Crippen LogP contribution >= 0.6 is 0 Å². The van der Waals surface area contributed by atoms with E-state index in [1.807, 2.05) is 36.5 Å². The van der Waals surface area contributed by atoms with E-state index in [4.69, 9.17) is 0 Å². The minimum Gasteiger partial charge on any atom is -0.298 e. The molecule has 0 aliphatic rings. The number of carbonyl (C=O) groups is 1. The van der Waals surface area contributed by atoms with Crippen molar-refractivity contribution in [3.8, 4) is 16.8 Å². The second-order valence-corrected chi connectivity index (χ2v) is 4.36. The Morgan fingerprint density at radius 2 is 1.85 bits per heavy atom. The van der Waals surface area contributed by atoms with E-state index in [1.165, 1.54) is 12.1 Å². The van der Waals surface area contributed by atoms with Crippen molar-refractivity contribution >= 4 is 6.29 Å². The Bertz CT molecular complexity index is 750. The van der Waals surface area contributed by atoms with Crippen molar-refractivity contribution in [1.29, 1.82) is 0 Å². The Kier molecular flexibility index (Phi) is 3.13. The van der Waals surface area contributed by atoms with Gasteiger partial charge in [-0.25, -0.2) is 9.07 Å². The maximum atomic E-state index is 13.3. The number of benzene rings is 2. The lowest BCUT2D eigenvalue weighted by atomic mass is 10.1. The van der Waals surface area contributed by atoms with Gasteiger partial charge in [0.2, 0.25) is 0 Å². The van der Waals surface area contributed by atoms with E-state index in [2.05, 4.69) is 5.10 Å². The Morgan fingerprint density at radius 1 is 1.05 bits per heavy atom. The largest absolute Gasteiger partial charge is 0.298 e. The number of aromatic nitrogens is 2. The van der Waals surface area contributed by atoms with Crippen LogP contribution in [0.25, 0.3) is 16.8 Å². The van der Waals surface area contributed by atoms with Crippen LogP contribution in [0, 0.1) is 5.82 Å². The van der Waals surface area contributed by atoms with Crippen LogP contribution in [0.3, 0.4) is 0 Å². The summed E-state index contributed by atoms with van der Waals surface area (Å²) in [6.07, 6.45) is 4.05. The van der Waals surface area contributed by atoms with Crippen molar-refractivity contribution in [2.75, 3.05) is 0 Å². The van der Waals surface area contributed by atoms with Crippen LogP contribution in [-0.2, 0) is 0 Å². The summed E-state index contributed by atoms with van der Waals surface area (Å²) in [6.45, 7) is 0. The summed E-state index contributed by atoms with van der Waals surface area (Å²) >= 11 is 0. The molecule has 2 aromatic carbocycles. The first-order valence-electron chi connectivity index (χ1n) is 6.13. The fourth-order valence-corrected chi connectivity index (χ4v) is 2.01. The summed E-state index contributed by atoms with van der Waals surface area (Å²) in [4.78, 5) is 10.8. The third-order valence-electron chi connectivity index (χ3n) is 3.06. The predicted molar refractivity (Wildman–Crippen MR) is 74.3 cm³/mol. The van der Waals surface area contributed by atoms with Gasteiger partial charge >= 0.3 is 0 Å². The van der Waals surface area contributed by atoms with E-state index in [9.17, 15) is 9.18 Å². The molecule has 0 unspecified atom stereocenters. The molecule has 0 fully saturated rings. The molecule has 3 rings (SSSR count). The number of aldehydes is 1. The van der Waals surface area contributed by atoms with Gasteiger partial charge in [-0.15, -0.1) is 0 Å². The van der Waals surface area contributed by atoms with Crippen LogP contribution in [0.15, 0.2) is 60.9 Å². The summed E-state index contributed by atoms with van der Waals surface area (Å²) < 4.78 is 15.0. The van der Waals surface area contributed by atoms with Gasteiger partial charge in [-0.3, -0.25) is 4.79 Å². The molecule has 3 aromatic rings. The van der Waals surface area contributed by atoms with Crippen LogP contribution in [0.1, 0.15) is 10.4 Å². The van der Waals surface area contributed by atoms with Crippen molar-refractivity contribution in [3.63, 3.8) is 0 Å². The van der Waals surface area contributed by atoms with Crippen molar-refractivity contribution in [3.05, 3.63) is 72.3 Å². The molecule has 0 saturated carbocycles.